The number of nitrogens with one attached hydrogen (secondary N) is 1. The van der Waals surface area contributed by atoms with Crippen LogP contribution in [-0.2, 0) is 10.2 Å². The zero-order valence-electron chi connectivity index (χ0n) is 15.2. The van der Waals surface area contributed by atoms with Crippen LogP contribution in [-0.4, -0.2) is 70.2 Å². The van der Waals surface area contributed by atoms with Gasteiger partial charge in [0.2, 0.25) is 0 Å². The van der Waals surface area contributed by atoms with Crippen LogP contribution in [0.5, 0.6) is 0 Å². The Kier molecular flexibility index (Phi) is 4.67. The van der Waals surface area contributed by atoms with Gasteiger partial charge in [-0.05, 0) is 18.9 Å². The number of hydrogen-bond donors (Lipinski definition) is 1. The zero-order chi connectivity index (χ0) is 19.8. The number of H-pyrrole nitrogens is 1. The van der Waals surface area contributed by atoms with Gasteiger partial charge in [-0.3, -0.25) is 0 Å². The Balaban J connectivity index is 1.59. The Morgan fingerprint density at radius 3 is 2.79 bits per heavy atom. The Hall–Kier alpha value is -2.73. The van der Waals surface area contributed by atoms with E-state index in [9.17, 15) is 8.42 Å². The van der Waals surface area contributed by atoms with E-state index < -0.39 is 15.7 Å². The average molecular weight is 400 g/mol. The highest BCUT2D eigenvalue weighted by atomic mass is 32.2. The predicted molar refractivity (Wildman–Crippen MR) is 101 cm³/mol. The quantitative estimate of drug-likeness (QED) is 0.702. The van der Waals surface area contributed by atoms with Crippen LogP contribution in [0, 0.1) is 22.7 Å². The fourth-order valence-electron chi connectivity index (χ4n) is 3.83. The first kappa shape index (κ1) is 18.6. The summed E-state index contributed by atoms with van der Waals surface area (Å²) in [6, 6.07) is 5.77. The summed E-state index contributed by atoms with van der Waals surface area (Å²) >= 11 is 0. The van der Waals surface area contributed by atoms with E-state index in [0.717, 1.165) is 34.0 Å². The second kappa shape index (κ2) is 7.02. The maximum absolute atomic E-state index is 13.2. The van der Waals surface area contributed by atoms with Gasteiger partial charge in [0.25, 0.3) is 10.2 Å². The van der Waals surface area contributed by atoms with Crippen molar-refractivity contribution in [3.8, 4) is 12.1 Å². The SMILES string of the molecule is N#CCCN(CC#N)S(=O)(=O)N1CCN(c2ncnc3[nH]ccc23)CC12CC2. The van der Waals surface area contributed by atoms with Crippen molar-refractivity contribution in [1.82, 2.24) is 23.6 Å². The molecule has 1 spiro atoms. The van der Waals surface area contributed by atoms with Crippen LogP contribution < -0.4 is 4.90 Å². The van der Waals surface area contributed by atoms with Crippen LogP contribution in [0.1, 0.15) is 19.3 Å². The lowest BCUT2D eigenvalue weighted by Crippen LogP contribution is -2.60. The van der Waals surface area contributed by atoms with E-state index >= 15 is 0 Å². The summed E-state index contributed by atoms with van der Waals surface area (Å²) in [5, 5.41) is 18.8. The number of nitrogens with zero attached hydrogens (tertiary/aromatic N) is 7. The van der Waals surface area contributed by atoms with Gasteiger partial charge in [0.1, 0.15) is 24.3 Å². The summed E-state index contributed by atoms with van der Waals surface area (Å²) in [6.07, 6.45) is 4.91. The number of aromatic nitrogens is 3. The van der Waals surface area contributed by atoms with E-state index in [4.69, 9.17) is 10.5 Å². The third kappa shape index (κ3) is 3.07. The lowest BCUT2D eigenvalue weighted by molar-refractivity contribution is 0.248. The molecule has 0 bridgehead atoms. The zero-order valence-corrected chi connectivity index (χ0v) is 16.1. The Bertz CT molecular complexity index is 1060. The molecule has 11 heteroatoms. The third-order valence-electron chi connectivity index (χ3n) is 5.37. The molecule has 146 valence electrons. The van der Waals surface area contributed by atoms with E-state index in [1.54, 1.807) is 0 Å². The Morgan fingerprint density at radius 1 is 1.25 bits per heavy atom. The van der Waals surface area contributed by atoms with Crippen molar-refractivity contribution < 1.29 is 8.42 Å². The molecule has 2 aromatic heterocycles. The smallest absolute Gasteiger partial charge is 0.283 e. The van der Waals surface area contributed by atoms with Crippen molar-refractivity contribution in [1.29, 1.82) is 10.5 Å². The standard InChI is InChI=1S/C17H20N8O2S/c18-5-1-8-24(9-6-19)28(26,27)25-11-10-23(12-17(25)3-4-17)16-14-2-7-20-15(14)21-13-22-16/h2,7,13H,1,3-4,8-12H2,(H,20,21,22). The number of fused-ring (bicyclic) bond motifs is 1. The lowest BCUT2D eigenvalue weighted by Gasteiger charge is -2.43. The van der Waals surface area contributed by atoms with Crippen LogP contribution in [0.25, 0.3) is 11.0 Å². The summed E-state index contributed by atoms with van der Waals surface area (Å²) in [6.45, 7) is 1.13. The topological polar surface area (TPSA) is 133 Å². The molecule has 0 radical (unpaired) electrons. The molecule has 1 aliphatic heterocycles. The number of rotatable bonds is 6. The molecule has 2 fully saturated rings. The molecule has 28 heavy (non-hydrogen) atoms. The molecule has 0 amide bonds. The van der Waals surface area contributed by atoms with E-state index in [1.165, 1.54) is 10.6 Å². The van der Waals surface area contributed by atoms with Gasteiger partial charge in [0.05, 0.1) is 23.1 Å². The molecule has 1 saturated carbocycles. The molecule has 0 atom stereocenters. The number of hydrogen-bond acceptors (Lipinski definition) is 7. The molecular formula is C17H20N8O2S. The minimum absolute atomic E-state index is 0.0264. The summed E-state index contributed by atoms with van der Waals surface area (Å²) in [4.78, 5) is 13.8. The molecule has 1 saturated heterocycles. The summed E-state index contributed by atoms with van der Waals surface area (Å²) in [5.41, 5.74) is 0.270. The predicted octanol–water partition coefficient (Wildman–Crippen LogP) is 0.597. The molecule has 2 aliphatic rings. The molecule has 10 nitrogen and oxygen atoms in total. The highest BCUT2D eigenvalue weighted by Crippen LogP contribution is 2.47. The van der Waals surface area contributed by atoms with E-state index in [0.29, 0.717) is 19.6 Å². The van der Waals surface area contributed by atoms with Crippen LogP contribution in [0.3, 0.4) is 0 Å². The number of piperazine rings is 1. The summed E-state index contributed by atoms with van der Waals surface area (Å²) in [7, 11) is -3.81. The Morgan fingerprint density at radius 2 is 2.07 bits per heavy atom. The maximum atomic E-state index is 13.2. The normalized spacial score (nSPS) is 19.0. The third-order valence-corrected chi connectivity index (χ3v) is 7.46. The number of nitriles is 2. The first-order valence-corrected chi connectivity index (χ1v) is 10.5. The van der Waals surface area contributed by atoms with Gasteiger partial charge in [-0.25, -0.2) is 9.97 Å². The molecule has 0 aromatic carbocycles. The molecule has 0 unspecified atom stereocenters. The van der Waals surface area contributed by atoms with Crippen molar-refractivity contribution in [3.63, 3.8) is 0 Å². The first-order chi connectivity index (χ1) is 13.5. The summed E-state index contributed by atoms with van der Waals surface area (Å²) < 4.78 is 29.0. The number of anilines is 1. The molecular weight excluding hydrogens is 380 g/mol. The molecule has 2 aromatic rings. The van der Waals surface area contributed by atoms with Gasteiger partial charge >= 0.3 is 0 Å². The maximum Gasteiger partial charge on any atom is 0.283 e. The second-order valence-electron chi connectivity index (χ2n) is 7.06. The average Bonchev–Trinajstić information content (AvgIpc) is 3.26. The van der Waals surface area contributed by atoms with E-state index in [2.05, 4.69) is 19.9 Å². The van der Waals surface area contributed by atoms with Gasteiger partial charge in [-0.1, -0.05) is 0 Å². The van der Waals surface area contributed by atoms with Gasteiger partial charge in [-0.2, -0.15) is 27.6 Å². The van der Waals surface area contributed by atoms with Gasteiger partial charge < -0.3 is 9.88 Å². The van der Waals surface area contributed by atoms with Crippen molar-refractivity contribution >= 4 is 27.1 Å². The molecule has 1 aliphatic carbocycles. The highest BCUT2D eigenvalue weighted by Gasteiger charge is 2.57. The molecule has 1 N–H and O–H groups in total. The van der Waals surface area contributed by atoms with Crippen molar-refractivity contribution in [2.45, 2.75) is 24.8 Å². The first-order valence-electron chi connectivity index (χ1n) is 9.07. The monoisotopic (exact) mass is 400 g/mol. The van der Waals surface area contributed by atoms with Crippen LogP contribution >= 0.6 is 0 Å². The highest BCUT2D eigenvalue weighted by molar-refractivity contribution is 7.86. The van der Waals surface area contributed by atoms with Crippen LogP contribution in [0.4, 0.5) is 5.82 Å². The fourth-order valence-corrected chi connectivity index (χ4v) is 5.70. The second-order valence-corrected chi connectivity index (χ2v) is 8.92. The van der Waals surface area contributed by atoms with Crippen molar-refractivity contribution in [2.24, 2.45) is 0 Å². The van der Waals surface area contributed by atoms with E-state index in [-0.39, 0.29) is 19.5 Å². The van der Waals surface area contributed by atoms with Crippen LogP contribution in [0.2, 0.25) is 0 Å². The summed E-state index contributed by atoms with van der Waals surface area (Å²) in [5.74, 6) is 0.799. The molecule has 3 heterocycles. The lowest BCUT2D eigenvalue weighted by atomic mass is 10.2. The fraction of sp³-hybridized carbons (Fsp3) is 0.529. The Labute approximate surface area is 163 Å². The van der Waals surface area contributed by atoms with E-state index in [1.807, 2.05) is 24.4 Å². The minimum atomic E-state index is -3.81. The largest absolute Gasteiger partial charge is 0.353 e. The van der Waals surface area contributed by atoms with Gasteiger partial charge in [0.15, 0.2) is 0 Å². The van der Waals surface area contributed by atoms with Crippen molar-refractivity contribution in [3.05, 3.63) is 18.6 Å². The van der Waals surface area contributed by atoms with Crippen LogP contribution in [0.15, 0.2) is 18.6 Å². The van der Waals surface area contributed by atoms with Crippen molar-refractivity contribution in [2.75, 3.05) is 37.6 Å². The van der Waals surface area contributed by atoms with Gasteiger partial charge in [-0.15, -0.1) is 0 Å². The number of aromatic amines is 1. The molecule has 4 rings (SSSR count). The minimum Gasteiger partial charge on any atom is -0.353 e. The van der Waals surface area contributed by atoms with Gasteiger partial charge in [0, 0.05) is 38.8 Å².